The molecule has 1 aromatic heterocycles. The lowest BCUT2D eigenvalue weighted by atomic mass is 10.2. The van der Waals surface area contributed by atoms with Crippen molar-refractivity contribution in [3.63, 3.8) is 0 Å². The van der Waals surface area contributed by atoms with Crippen LogP contribution >= 0.6 is 0 Å². The van der Waals surface area contributed by atoms with Gasteiger partial charge in [0.15, 0.2) is 5.96 Å². The molecular weight excluding hydrogens is 408 g/mol. The Kier molecular flexibility index (Phi) is 8.89. The molecule has 1 N–H and O–H groups in total. The van der Waals surface area contributed by atoms with Crippen LogP contribution in [0.3, 0.4) is 0 Å². The predicted octanol–water partition coefficient (Wildman–Crippen LogP) is 2.59. The fourth-order valence-electron chi connectivity index (χ4n) is 3.62. The van der Waals surface area contributed by atoms with E-state index in [0.29, 0.717) is 11.7 Å². The highest BCUT2D eigenvalue weighted by Crippen LogP contribution is 2.20. The molecule has 2 aromatic rings. The second kappa shape index (κ2) is 12.1. The largest absolute Gasteiger partial charge is 0.497 e. The van der Waals surface area contributed by atoms with Gasteiger partial charge in [0.2, 0.25) is 17.6 Å². The average Bonchev–Trinajstić information content (AvgIpc) is 3.29. The molecule has 0 spiro atoms. The molecule has 0 atom stereocenters. The van der Waals surface area contributed by atoms with E-state index in [4.69, 9.17) is 14.3 Å². The van der Waals surface area contributed by atoms with Gasteiger partial charge in [-0.25, -0.2) is 0 Å². The molecule has 32 heavy (non-hydrogen) atoms. The minimum absolute atomic E-state index is 0.143. The monoisotopic (exact) mass is 442 g/mol. The fraction of sp³-hybridized carbons (Fsp3) is 0.565. The maximum atomic E-state index is 11.5. The lowest BCUT2D eigenvalue weighted by Crippen LogP contribution is -2.53. The SMILES string of the molecule is CCNC(=NCCCCCc1nc(-c2ccc(OC)cc2)no1)N1CCN(C(C)=O)CC1. The van der Waals surface area contributed by atoms with E-state index in [-0.39, 0.29) is 5.91 Å². The number of nitrogens with zero attached hydrogens (tertiary/aromatic N) is 5. The molecule has 0 unspecified atom stereocenters. The Balaban J connectivity index is 1.39. The number of aromatic nitrogens is 2. The second-order valence-electron chi connectivity index (χ2n) is 7.78. The van der Waals surface area contributed by atoms with Gasteiger partial charge in [-0.3, -0.25) is 9.79 Å². The molecule has 2 heterocycles. The summed E-state index contributed by atoms with van der Waals surface area (Å²) in [4.78, 5) is 24.9. The normalized spacial score (nSPS) is 14.5. The first-order valence-corrected chi connectivity index (χ1v) is 11.4. The first-order chi connectivity index (χ1) is 15.6. The Hall–Kier alpha value is -3.10. The summed E-state index contributed by atoms with van der Waals surface area (Å²) in [6.45, 7) is 8.45. The molecule has 9 heteroatoms. The molecule has 174 valence electrons. The van der Waals surface area contributed by atoms with Gasteiger partial charge in [-0.2, -0.15) is 4.98 Å². The van der Waals surface area contributed by atoms with Crippen molar-refractivity contribution in [3.8, 4) is 17.1 Å². The fourth-order valence-corrected chi connectivity index (χ4v) is 3.62. The van der Waals surface area contributed by atoms with Crippen LogP contribution in [0.2, 0.25) is 0 Å². The first kappa shape index (κ1) is 23.6. The summed E-state index contributed by atoms with van der Waals surface area (Å²) in [6.07, 6.45) is 3.79. The Morgan fingerprint density at radius 3 is 2.50 bits per heavy atom. The quantitative estimate of drug-likeness (QED) is 0.362. The highest BCUT2D eigenvalue weighted by molar-refractivity contribution is 5.80. The van der Waals surface area contributed by atoms with Gasteiger partial charge >= 0.3 is 0 Å². The van der Waals surface area contributed by atoms with Gasteiger partial charge in [-0.15, -0.1) is 0 Å². The molecule has 0 radical (unpaired) electrons. The molecule has 1 aliphatic rings. The standard InChI is InChI=1S/C23H34N6O3/c1-4-24-23(29-16-14-28(15-17-29)18(2)30)25-13-7-5-6-8-21-26-22(27-32-21)19-9-11-20(31-3)12-10-19/h9-12H,4-8,13-17H2,1-3H3,(H,24,25). The van der Waals surface area contributed by atoms with E-state index in [0.717, 1.165) is 82.2 Å². The zero-order valence-electron chi connectivity index (χ0n) is 19.3. The van der Waals surface area contributed by atoms with Crippen molar-refractivity contribution >= 4 is 11.9 Å². The number of unbranched alkanes of at least 4 members (excludes halogenated alkanes) is 2. The number of aliphatic imine (C=N–C) groups is 1. The van der Waals surface area contributed by atoms with Crippen LogP contribution in [0.1, 0.15) is 39.0 Å². The Labute approximate surface area is 189 Å². The zero-order chi connectivity index (χ0) is 22.8. The van der Waals surface area contributed by atoms with Crippen LogP contribution in [0.4, 0.5) is 0 Å². The third-order valence-corrected chi connectivity index (χ3v) is 5.49. The van der Waals surface area contributed by atoms with Crippen LogP contribution in [0.15, 0.2) is 33.8 Å². The van der Waals surface area contributed by atoms with Crippen LogP contribution < -0.4 is 10.1 Å². The number of benzene rings is 1. The Bertz CT molecular complexity index is 872. The second-order valence-corrected chi connectivity index (χ2v) is 7.78. The summed E-state index contributed by atoms with van der Waals surface area (Å²) in [7, 11) is 1.64. The van der Waals surface area contributed by atoms with E-state index in [9.17, 15) is 4.79 Å². The molecule has 1 fully saturated rings. The number of piperazine rings is 1. The highest BCUT2D eigenvalue weighted by atomic mass is 16.5. The number of amides is 1. The summed E-state index contributed by atoms with van der Waals surface area (Å²) in [5, 5.41) is 7.45. The number of carbonyl (C=O) groups excluding carboxylic acids is 1. The molecule has 1 saturated heterocycles. The lowest BCUT2D eigenvalue weighted by Gasteiger charge is -2.36. The molecule has 9 nitrogen and oxygen atoms in total. The molecule has 1 amide bonds. The molecule has 1 aliphatic heterocycles. The smallest absolute Gasteiger partial charge is 0.226 e. The summed E-state index contributed by atoms with van der Waals surface area (Å²) in [5.74, 6) is 3.15. The molecule has 3 rings (SSSR count). The molecule has 0 aliphatic carbocycles. The van der Waals surface area contributed by atoms with Gasteiger partial charge in [0.1, 0.15) is 5.75 Å². The van der Waals surface area contributed by atoms with E-state index >= 15 is 0 Å². The van der Waals surface area contributed by atoms with Crippen molar-refractivity contribution in [2.24, 2.45) is 4.99 Å². The summed E-state index contributed by atoms with van der Waals surface area (Å²) in [6, 6.07) is 7.62. The third-order valence-electron chi connectivity index (χ3n) is 5.49. The van der Waals surface area contributed by atoms with Crippen LogP contribution in [0.25, 0.3) is 11.4 Å². The van der Waals surface area contributed by atoms with Gasteiger partial charge in [0, 0.05) is 58.2 Å². The van der Waals surface area contributed by atoms with Gasteiger partial charge in [0.05, 0.1) is 7.11 Å². The maximum Gasteiger partial charge on any atom is 0.226 e. The minimum atomic E-state index is 0.143. The molecule has 1 aromatic carbocycles. The Morgan fingerprint density at radius 1 is 1.12 bits per heavy atom. The van der Waals surface area contributed by atoms with E-state index < -0.39 is 0 Å². The van der Waals surface area contributed by atoms with Gasteiger partial charge in [-0.05, 0) is 44.0 Å². The van der Waals surface area contributed by atoms with Crippen molar-refractivity contribution in [1.29, 1.82) is 0 Å². The summed E-state index contributed by atoms with van der Waals surface area (Å²) >= 11 is 0. The van der Waals surface area contributed by atoms with E-state index in [2.05, 4.69) is 27.3 Å². The van der Waals surface area contributed by atoms with Crippen molar-refractivity contribution in [2.45, 2.75) is 39.5 Å². The molecular formula is C23H34N6O3. The van der Waals surface area contributed by atoms with Crippen molar-refractivity contribution < 1.29 is 14.1 Å². The predicted molar refractivity (Wildman–Crippen MR) is 124 cm³/mol. The number of guanidine groups is 1. The van der Waals surface area contributed by atoms with Crippen molar-refractivity contribution in [3.05, 3.63) is 30.2 Å². The summed E-state index contributed by atoms with van der Waals surface area (Å²) in [5.41, 5.74) is 0.912. The average molecular weight is 443 g/mol. The number of methoxy groups -OCH3 is 1. The first-order valence-electron chi connectivity index (χ1n) is 11.4. The topological polar surface area (TPSA) is 96.1 Å². The van der Waals surface area contributed by atoms with Crippen LogP contribution in [-0.2, 0) is 11.2 Å². The zero-order valence-corrected chi connectivity index (χ0v) is 19.3. The van der Waals surface area contributed by atoms with Crippen LogP contribution in [0.5, 0.6) is 5.75 Å². The number of aryl methyl sites for hydroxylation is 1. The van der Waals surface area contributed by atoms with E-state index in [1.54, 1.807) is 14.0 Å². The molecule has 0 bridgehead atoms. The Morgan fingerprint density at radius 2 is 1.84 bits per heavy atom. The van der Waals surface area contributed by atoms with Gasteiger partial charge < -0.3 is 24.4 Å². The number of hydrogen-bond donors (Lipinski definition) is 1. The number of hydrogen-bond acceptors (Lipinski definition) is 6. The molecule has 0 saturated carbocycles. The van der Waals surface area contributed by atoms with Crippen LogP contribution in [0, 0.1) is 0 Å². The lowest BCUT2D eigenvalue weighted by molar-refractivity contribution is -0.130. The number of ether oxygens (including phenoxy) is 1. The third kappa shape index (κ3) is 6.70. The number of carbonyl (C=O) groups is 1. The minimum Gasteiger partial charge on any atom is -0.497 e. The van der Waals surface area contributed by atoms with Gasteiger partial charge in [-0.1, -0.05) is 11.6 Å². The highest BCUT2D eigenvalue weighted by Gasteiger charge is 2.20. The number of rotatable bonds is 9. The van der Waals surface area contributed by atoms with Crippen LogP contribution in [-0.4, -0.2) is 78.2 Å². The van der Waals surface area contributed by atoms with Crippen molar-refractivity contribution in [2.75, 3.05) is 46.4 Å². The van der Waals surface area contributed by atoms with E-state index in [1.807, 2.05) is 29.2 Å². The summed E-state index contributed by atoms with van der Waals surface area (Å²) < 4.78 is 10.6. The maximum absolute atomic E-state index is 11.5. The van der Waals surface area contributed by atoms with Crippen molar-refractivity contribution in [1.82, 2.24) is 25.3 Å². The van der Waals surface area contributed by atoms with Gasteiger partial charge in [0.25, 0.3) is 0 Å². The number of nitrogens with one attached hydrogen (secondary N) is 1. The van der Waals surface area contributed by atoms with E-state index in [1.165, 1.54) is 0 Å².